The minimum absolute atomic E-state index is 0.371. The molecule has 8 heteroatoms. The first-order valence-corrected chi connectivity index (χ1v) is 8.84. The predicted molar refractivity (Wildman–Crippen MR) is 95.1 cm³/mol. The molecule has 0 aromatic heterocycles. The summed E-state index contributed by atoms with van der Waals surface area (Å²) < 4.78 is 6.20. The summed E-state index contributed by atoms with van der Waals surface area (Å²) in [5, 5.41) is 3.46. The molecule has 0 radical (unpaired) electrons. The number of hydrogen-bond donors (Lipinski definition) is 1. The number of nitrogens with one attached hydrogen (secondary N) is 1. The van der Waals surface area contributed by atoms with Gasteiger partial charge in [0.15, 0.2) is 5.11 Å². The van der Waals surface area contributed by atoms with E-state index in [1.165, 1.54) is 0 Å². The first-order chi connectivity index (χ1) is 11.7. The van der Waals surface area contributed by atoms with Crippen molar-refractivity contribution >= 4 is 27.9 Å². The minimum Gasteiger partial charge on any atom is -0.444 e. The Morgan fingerprint density at radius 1 is 1.28 bits per heavy atom. The largest absolute Gasteiger partial charge is 0.444 e. The summed E-state index contributed by atoms with van der Waals surface area (Å²) in [4.78, 5) is 29.4. The average Bonchev–Trinajstić information content (AvgIpc) is 2.54. The number of carbonyl (C=O) groups is 2. The molecule has 1 N–H and O–H groups in total. The fraction of sp³-hybridized carbons (Fsp3) is 0.529. The molecule has 0 atom stereocenters. The van der Waals surface area contributed by atoms with Crippen LogP contribution in [0.4, 0.5) is 4.79 Å². The van der Waals surface area contributed by atoms with Gasteiger partial charge in [-0.25, -0.2) is 4.79 Å². The lowest BCUT2D eigenvalue weighted by atomic mass is 9.72. The molecule has 0 unspecified atom stereocenters. The molecule has 1 aromatic rings. The second-order valence-electron chi connectivity index (χ2n) is 7.03. The van der Waals surface area contributed by atoms with Crippen LogP contribution in [-0.4, -0.2) is 35.6 Å². The Kier molecular flexibility index (Phi) is 5.75. The fourth-order valence-electron chi connectivity index (χ4n) is 2.99. The van der Waals surface area contributed by atoms with Crippen LogP contribution in [0.15, 0.2) is 33.9 Å². The van der Waals surface area contributed by atoms with Crippen LogP contribution in [-0.2, 0) is 14.9 Å². The number of ether oxygens (including phenoxy) is 1. The highest BCUT2D eigenvalue weighted by Gasteiger charge is 2.47. The Balaban J connectivity index is 2.28. The molecule has 1 heterocycles. The molecule has 2 amide bonds. The van der Waals surface area contributed by atoms with Gasteiger partial charge in [0.25, 0.3) is 0 Å². The lowest BCUT2D eigenvalue weighted by molar-refractivity contribution is -0.125. The SMILES string of the molecule is CC(C)(C)OC(=O)N1CCC(C(=O)N=[N+]=N)(c2ccccc2Br)CC1. The standard InChI is InChI=1S/C17H22BrN4O3/c1-16(2,3)25-15(24)22-10-8-17(9-11-22,14(23)20-21-19)12-6-4-5-7-13(12)18/h4-7,19H,8-11H2,1-3H3/q+1. The molecule has 1 fully saturated rings. The maximum Gasteiger partial charge on any atom is 0.410 e. The normalized spacial score (nSPS) is 16.7. The van der Waals surface area contributed by atoms with Crippen LogP contribution in [0.5, 0.6) is 0 Å². The van der Waals surface area contributed by atoms with Crippen LogP contribution in [0.3, 0.4) is 0 Å². The number of likely N-dealkylation sites (tertiary alicyclic amines) is 1. The number of nitrogens with zero attached hydrogens (tertiary/aromatic N) is 3. The number of amides is 2. The van der Waals surface area contributed by atoms with Gasteiger partial charge in [0.2, 0.25) is 4.91 Å². The van der Waals surface area contributed by atoms with Crippen LogP contribution in [0.2, 0.25) is 0 Å². The monoisotopic (exact) mass is 409 g/mol. The van der Waals surface area contributed by atoms with Gasteiger partial charge in [-0.3, -0.25) is 4.79 Å². The van der Waals surface area contributed by atoms with Crippen molar-refractivity contribution in [1.29, 1.82) is 5.53 Å². The number of benzene rings is 1. The topological polar surface area (TPSA) is 96.9 Å². The van der Waals surface area contributed by atoms with Crippen molar-refractivity contribution in [2.75, 3.05) is 13.1 Å². The quantitative estimate of drug-likeness (QED) is 0.593. The minimum atomic E-state index is -0.900. The molecule has 1 aliphatic rings. The highest BCUT2D eigenvalue weighted by Crippen LogP contribution is 2.40. The summed E-state index contributed by atoms with van der Waals surface area (Å²) in [6.45, 7) is 6.19. The zero-order valence-electron chi connectivity index (χ0n) is 14.6. The van der Waals surface area contributed by atoms with E-state index in [-0.39, 0.29) is 6.09 Å². The third kappa shape index (κ3) is 4.32. The smallest absolute Gasteiger partial charge is 0.410 e. The first-order valence-electron chi connectivity index (χ1n) is 8.04. The zero-order chi connectivity index (χ0) is 18.7. The van der Waals surface area contributed by atoms with Gasteiger partial charge in [0.05, 0.1) is 5.41 Å². The van der Waals surface area contributed by atoms with E-state index >= 15 is 0 Å². The summed E-state index contributed by atoms with van der Waals surface area (Å²) in [5.74, 6) is -0.460. The molecule has 2 rings (SSSR count). The van der Waals surface area contributed by atoms with E-state index in [0.717, 1.165) is 10.0 Å². The molecule has 0 saturated carbocycles. The van der Waals surface area contributed by atoms with Gasteiger partial charge in [-0.15, -0.1) is 0 Å². The number of carbonyl (C=O) groups excluding carboxylic acids is 2. The molecular weight excluding hydrogens is 388 g/mol. The van der Waals surface area contributed by atoms with Gasteiger partial charge in [-0.05, 0) is 45.2 Å². The summed E-state index contributed by atoms with van der Waals surface area (Å²) in [7, 11) is 0. The Bertz CT molecular complexity index is 715. The fourth-order valence-corrected chi connectivity index (χ4v) is 3.65. The van der Waals surface area contributed by atoms with Gasteiger partial charge in [0.1, 0.15) is 11.1 Å². The van der Waals surface area contributed by atoms with E-state index in [0.29, 0.717) is 25.9 Å². The molecule has 0 spiro atoms. The van der Waals surface area contributed by atoms with Gasteiger partial charge in [-0.1, -0.05) is 34.1 Å². The molecular formula is C17H22BrN4O3+. The maximum atomic E-state index is 12.6. The van der Waals surface area contributed by atoms with Crippen molar-refractivity contribution < 1.29 is 14.3 Å². The van der Waals surface area contributed by atoms with Crippen LogP contribution in [0, 0.1) is 5.53 Å². The zero-order valence-corrected chi connectivity index (χ0v) is 16.2. The van der Waals surface area contributed by atoms with E-state index in [1.54, 1.807) is 4.90 Å². The molecule has 25 heavy (non-hydrogen) atoms. The van der Waals surface area contributed by atoms with Crippen molar-refractivity contribution in [1.82, 2.24) is 9.81 Å². The van der Waals surface area contributed by atoms with Gasteiger partial charge in [0, 0.05) is 17.6 Å². The Morgan fingerprint density at radius 3 is 2.40 bits per heavy atom. The number of piperidine rings is 1. The van der Waals surface area contributed by atoms with E-state index in [1.807, 2.05) is 45.0 Å². The third-order valence-electron chi connectivity index (χ3n) is 4.21. The molecule has 0 bridgehead atoms. The highest BCUT2D eigenvalue weighted by molar-refractivity contribution is 9.10. The maximum absolute atomic E-state index is 12.6. The van der Waals surface area contributed by atoms with E-state index in [9.17, 15) is 9.59 Å². The Hall–Kier alpha value is -2.05. The lowest BCUT2D eigenvalue weighted by Crippen LogP contribution is -2.49. The van der Waals surface area contributed by atoms with Crippen LogP contribution in [0.25, 0.3) is 0 Å². The molecule has 1 saturated heterocycles. The van der Waals surface area contributed by atoms with Crippen LogP contribution >= 0.6 is 15.9 Å². The van der Waals surface area contributed by atoms with E-state index in [4.69, 9.17) is 10.3 Å². The number of hydrogen-bond acceptors (Lipinski definition) is 4. The van der Waals surface area contributed by atoms with E-state index in [2.05, 4.69) is 26.0 Å². The summed E-state index contributed by atoms with van der Waals surface area (Å²) >= 11 is 3.49. The van der Waals surface area contributed by atoms with Crippen LogP contribution in [0.1, 0.15) is 39.2 Å². The second kappa shape index (κ2) is 7.45. The van der Waals surface area contributed by atoms with Crippen molar-refractivity contribution in [3.8, 4) is 0 Å². The van der Waals surface area contributed by atoms with Crippen LogP contribution < -0.4 is 4.91 Å². The van der Waals surface area contributed by atoms with Crippen molar-refractivity contribution in [3.63, 3.8) is 0 Å². The Morgan fingerprint density at radius 2 is 1.88 bits per heavy atom. The van der Waals surface area contributed by atoms with Gasteiger partial charge >= 0.3 is 12.0 Å². The first kappa shape index (κ1) is 19.3. The molecule has 1 aliphatic heterocycles. The lowest BCUT2D eigenvalue weighted by Gasteiger charge is -2.39. The van der Waals surface area contributed by atoms with Crippen molar-refractivity contribution in [2.24, 2.45) is 5.11 Å². The summed E-state index contributed by atoms with van der Waals surface area (Å²) in [6, 6.07) is 7.45. The second-order valence-corrected chi connectivity index (χ2v) is 7.89. The number of halogens is 1. The summed E-state index contributed by atoms with van der Waals surface area (Å²) in [6.07, 6.45) is 0.405. The van der Waals surface area contributed by atoms with Crippen molar-refractivity contribution in [2.45, 2.75) is 44.6 Å². The highest BCUT2D eigenvalue weighted by atomic mass is 79.9. The van der Waals surface area contributed by atoms with E-state index < -0.39 is 16.9 Å². The number of rotatable bonds is 2. The average molecular weight is 410 g/mol. The third-order valence-corrected chi connectivity index (χ3v) is 4.90. The molecule has 1 aromatic carbocycles. The Labute approximate surface area is 155 Å². The predicted octanol–water partition coefficient (Wildman–Crippen LogP) is 3.79. The molecule has 7 nitrogen and oxygen atoms in total. The van der Waals surface area contributed by atoms with Gasteiger partial charge < -0.3 is 9.64 Å². The molecule has 0 aliphatic carbocycles. The van der Waals surface area contributed by atoms with Crippen molar-refractivity contribution in [3.05, 3.63) is 34.3 Å². The summed E-state index contributed by atoms with van der Waals surface area (Å²) in [5.41, 5.74) is 6.24. The molecule has 134 valence electrons. The van der Waals surface area contributed by atoms with Gasteiger partial charge in [-0.2, -0.15) is 0 Å².